The number of amides is 1. The number of hydrogen-bond donors (Lipinski definition) is 1. The molecule has 2 aromatic rings. The van der Waals surface area contributed by atoms with Crippen molar-refractivity contribution < 1.29 is 9.18 Å². The molecule has 0 heterocycles. The van der Waals surface area contributed by atoms with Crippen LogP contribution in [0.25, 0.3) is 0 Å². The maximum absolute atomic E-state index is 13.3. The van der Waals surface area contributed by atoms with Crippen molar-refractivity contribution in [3.8, 4) is 0 Å². The molecular weight excluding hydrogens is 291 g/mol. The number of carbonyl (C=O) groups excluding carboxylic acids is 1. The number of halogens is 2. The first-order chi connectivity index (χ1) is 9.97. The van der Waals surface area contributed by atoms with Gasteiger partial charge in [0.1, 0.15) is 5.82 Å². The zero-order valence-corrected chi connectivity index (χ0v) is 12.6. The lowest BCUT2D eigenvalue weighted by molar-refractivity contribution is 0.0828. The second-order valence-electron chi connectivity index (χ2n) is 4.88. The van der Waals surface area contributed by atoms with Gasteiger partial charge in [-0.25, -0.2) is 4.39 Å². The van der Waals surface area contributed by atoms with Gasteiger partial charge in [-0.1, -0.05) is 23.7 Å². The number of nitrogens with one attached hydrogen (secondary N) is 1. The Morgan fingerprint density at radius 2 is 1.95 bits per heavy atom. The van der Waals surface area contributed by atoms with Gasteiger partial charge >= 0.3 is 0 Å². The minimum Gasteiger partial charge on any atom is -0.380 e. The van der Waals surface area contributed by atoms with Crippen molar-refractivity contribution >= 4 is 23.2 Å². The summed E-state index contributed by atoms with van der Waals surface area (Å²) in [5, 5.41) is 3.50. The predicted molar refractivity (Wildman–Crippen MR) is 83.2 cm³/mol. The number of para-hydroxylation sites is 1. The molecule has 1 N–H and O–H groups in total. The molecule has 0 aliphatic carbocycles. The van der Waals surface area contributed by atoms with Crippen LogP contribution >= 0.6 is 11.6 Å². The molecule has 0 radical (unpaired) electrons. The fourth-order valence-electron chi connectivity index (χ4n) is 1.97. The summed E-state index contributed by atoms with van der Waals surface area (Å²) < 4.78 is 13.3. The van der Waals surface area contributed by atoms with E-state index in [1.165, 1.54) is 17.0 Å². The van der Waals surface area contributed by atoms with E-state index in [9.17, 15) is 9.18 Å². The smallest absolute Gasteiger partial charge is 0.255 e. The molecule has 0 saturated carbocycles. The van der Waals surface area contributed by atoms with Crippen LogP contribution in [0, 0.1) is 5.82 Å². The van der Waals surface area contributed by atoms with Crippen molar-refractivity contribution in [2.45, 2.75) is 6.54 Å². The second kappa shape index (κ2) is 6.59. The first kappa shape index (κ1) is 15.3. The molecule has 0 aliphatic heterocycles. The molecule has 21 heavy (non-hydrogen) atoms. The molecule has 0 bridgehead atoms. The predicted octanol–water partition coefficient (Wildman–Crippen LogP) is 3.79. The number of nitrogens with zero attached hydrogens (tertiary/aromatic N) is 1. The second-order valence-corrected chi connectivity index (χ2v) is 5.31. The minimum atomic E-state index is -0.378. The molecule has 2 rings (SSSR count). The van der Waals surface area contributed by atoms with E-state index in [2.05, 4.69) is 5.32 Å². The van der Waals surface area contributed by atoms with Crippen molar-refractivity contribution in [1.29, 1.82) is 0 Å². The van der Waals surface area contributed by atoms with E-state index in [4.69, 9.17) is 11.6 Å². The monoisotopic (exact) mass is 306 g/mol. The van der Waals surface area contributed by atoms with E-state index in [1.54, 1.807) is 32.3 Å². The third kappa shape index (κ3) is 3.95. The molecule has 0 aliphatic rings. The SMILES string of the molecule is CN(C)C(=O)c1ccccc1NCc1cc(F)cc(Cl)c1. The molecule has 110 valence electrons. The minimum absolute atomic E-state index is 0.0876. The summed E-state index contributed by atoms with van der Waals surface area (Å²) in [6, 6.07) is 11.6. The van der Waals surface area contributed by atoms with Crippen LogP contribution in [-0.4, -0.2) is 24.9 Å². The molecule has 0 aromatic heterocycles. The molecular formula is C16H16ClFN2O. The molecule has 1 amide bonds. The Kier molecular flexibility index (Phi) is 4.81. The molecule has 0 unspecified atom stereocenters. The highest BCUT2D eigenvalue weighted by molar-refractivity contribution is 6.30. The average molecular weight is 307 g/mol. The van der Waals surface area contributed by atoms with Crippen molar-refractivity contribution in [2.24, 2.45) is 0 Å². The summed E-state index contributed by atoms with van der Waals surface area (Å²) in [6.07, 6.45) is 0. The van der Waals surface area contributed by atoms with Gasteiger partial charge in [0.25, 0.3) is 5.91 Å². The van der Waals surface area contributed by atoms with E-state index in [0.29, 0.717) is 28.4 Å². The Morgan fingerprint density at radius 1 is 1.24 bits per heavy atom. The van der Waals surface area contributed by atoms with Crippen molar-refractivity contribution in [2.75, 3.05) is 19.4 Å². The molecule has 0 fully saturated rings. The van der Waals surface area contributed by atoms with Crippen molar-refractivity contribution in [1.82, 2.24) is 4.90 Å². The van der Waals surface area contributed by atoms with E-state index in [1.807, 2.05) is 12.1 Å². The summed E-state index contributed by atoms with van der Waals surface area (Å²) in [5.41, 5.74) is 1.99. The summed E-state index contributed by atoms with van der Waals surface area (Å²) in [4.78, 5) is 13.6. The van der Waals surface area contributed by atoms with Crippen molar-refractivity contribution in [3.63, 3.8) is 0 Å². The Labute approximate surface area is 128 Å². The van der Waals surface area contributed by atoms with Crippen LogP contribution in [0.2, 0.25) is 5.02 Å². The number of benzene rings is 2. The largest absolute Gasteiger partial charge is 0.380 e. The fourth-order valence-corrected chi connectivity index (χ4v) is 2.22. The molecule has 0 atom stereocenters. The first-order valence-electron chi connectivity index (χ1n) is 6.47. The van der Waals surface area contributed by atoms with Crippen LogP contribution in [0.4, 0.5) is 10.1 Å². The van der Waals surface area contributed by atoms with Crippen molar-refractivity contribution in [3.05, 3.63) is 64.4 Å². The summed E-state index contributed by atoms with van der Waals surface area (Å²) in [5.74, 6) is -0.465. The summed E-state index contributed by atoms with van der Waals surface area (Å²) in [6.45, 7) is 0.384. The number of rotatable bonds is 4. The lowest BCUT2D eigenvalue weighted by Gasteiger charge is -2.15. The summed E-state index contributed by atoms with van der Waals surface area (Å²) >= 11 is 5.83. The maximum atomic E-state index is 13.3. The van der Waals surface area contributed by atoms with Gasteiger partial charge in [-0.15, -0.1) is 0 Å². The van der Waals surface area contributed by atoms with Gasteiger partial charge in [0.05, 0.1) is 5.56 Å². The molecule has 2 aromatic carbocycles. The molecule has 0 spiro atoms. The van der Waals surface area contributed by atoms with E-state index < -0.39 is 0 Å². The Hall–Kier alpha value is -2.07. The average Bonchev–Trinajstić information content (AvgIpc) is 2.43. The van der Waals surface area contributed by atoms with Crippen LogP contribution in [0.3, 0.4) is 0 Å². The van der Waals surface area contributed by atoms with Crippen LogP contribution in [0.1, 0.15) is 15.9 Å². The van der Waals surface area contributed by atoms with Gasteiger partial charge in [0.2, 0.25) is 0 Å². The Morgan fingerprint density at radius 3 is 2.62 bits per heavy atom. The standard InChI is InChI=1S/C16H16ClFN2O/c1-20(2)16(21)14-5-3-4-6-15(14)19-10-11-7-12(17)9-13(18)8-11/h3-9,19H,10H2,1-2H3. The third-order valence-electron chi connectivity index (χ3n) is 2.97. The van der Waals surface area contributed by atoms with Crippen LogP contribution in [-0.2, 0) is 6.54 Å². The highest BCUT2D eigenvalue weighted by Crippen LogP contribution is 2.19. The van der Waals surface area contributed by atoms with Gasteiger partial charge in [-0.05, 0) is 35.9 Å². The lowest BCUT2D eigenvalue weighted by atomic mass is 10.1. The maximum Gasteiger partial charge on any atom is 0.255 e. The highest BCUT2D eigenvalue weighted by Gasteiger charge is 2.12. The van der Waals surface area contributed by atoms with Crippen LogP contribution in [0.5, 0.6) is 0 Å². The third-order valence-corrected chi connectivity index (χ3v) is 3.19. The highest BCUT2D eigenvalue weighted by atomic mass is 35.5. The summed E-state index contributed by atoms with van der Waals surface area (Å²) in [7, 11) is 3.40. The van der Waals surface area contributed by atoms with Gasteiger partial charge in [-0.3, -0.25) is 4.79 Å². The zero-order chi connectivity index (χ0) is 15.4. The first-order valence-corrected chi connectivity index (χ1v) is 6.84. The van der Waals surface area contributed by atoms with E-state index in [0.717, 1.165) is 0 Å². The van der Waals surface area contributed by atoms with E-state index in [-0.39, 0.29) is 11.7 Å². The van der Waals surface area contributed by atoms with Gasteiger partial charge in [0.15, 0.2) is 0 Å². The fraction of sp³-hybridized carbons (Fsp3) is 0.188. The number of anilines is 1. The van der Waals surface area contributed by atoms with Gasteiger partial charge < -0.3 is 10.2 Å². The van der Waals surface area contributed by atoms with Gasteiger partial charge in [0, 0.05) is 31.4 Å². The Balaban J connectivity index is 2.18. The molecule has 5 heteroatoms. The normalized spacial score (nSPS) is 10.3. The van der Waals surface area contributed by atoms with E-state index >= 15 is 0 Å². The number of hydrogen-bond acceptors (Lipinski definition) is 2. The van der Waals surface area contributed by atoms with Crippen LogP contribution < -0.4 is 5.32 Å². The molecule has 3 nitrogen and oxygen atoms in total. The Bertz CT molecular complexity index is 638. The molecule has 0 saturated heterocycles. The quantitative estimate of drug-likeness (QED) is 0.932. The number of carbonyl (C=O) groups is 1. The van der Waals surface area contributed by atoms with Gasteiger partial charge in [-0.2, -0.15) is 0 Å². The zero-order valence-electron chi connectivity index (χ0n) is 11.9. The van der Waals surface area contributed by atoms with Crippen LogP contribution in [0.15, 0.2) is 42.5 Å². The topological polar surface area (TPSA) is 32.3 Å². The lowest BCUT2D eigenvalue weighted by Crippen LogP contribution is -2.22.